The molecule has 3 nitrogen and oxygen atoms in total. The van der Waals surface area contributed by atoms with Crippen molar-refractivity contribution in [2.24, 2.45) is 0 Å². The molecule has 1 unspecified atom stereocenters. The van der Waals surface area contributed by atoms with Crippen LogP contribution in [-0.2, 0) is 16.0 Å². The fourth-order valence-corrected chi connectivity index (χ4v) is 4.03. The van der Waals surface area contributed by atoms with E-state index in [0.29, 0.717) is 13.2 Å². The second-order valence-electron chi connectivity index (χ2n) is 7.95. The van der Waals surface area contributed by atoms with E-state index in [1.807, 2.05) is 38.1 Å². The van der Waals surface area contributed by atoms with Crippen LogP contribution < -0.4 is 4.74 Å². The van der Waals surface area contributed by atoms with Crippen molar-refractivity contribution in [2.75, 3.05) is 13.2 Å². The predicted molar refractivity (Wildman–Crippen MR) is 125 cm³/mol. The van der Waals surface area contributed by atoms with E-state index in [1.54, 1.807) is 0 Å². The first-order valence-electron chi connectivity index (χ1n) is 10.8. The van der Waals surface area contributed by atoms with Gasteiger partial charge in [0, 0.05) is 0 Å². The minimum atomic E-state index is -0.276. The Kier molecular flexibility index (Phi) is 6.22. The first-order chi connectivity index (χ1) is 15.1. The summed E-state index contributed by atoms with van der Waals surface area (Å²) in [6.45, 7) is 6.69. The zero-order chi connectivity index (χ0) is 21.8. The van der Waals surface area contributed by atoms with Gasteiger partial charge in [-0.2, -0.15) is 0 Å². The monoisotopic (exact) mass is 412 g/mol. The maximum Gasteiger partial charge on any atom is 0.313 e. The Labute approximate surface area is 184 Å². The Morgan fingerprint density at radius 1 is 1.00 bits per heavy atom. The van der Waals surface area contributed by atoms with Crippen LogP contribution in [0, 0.1) is 0 Å². The van der Waals surface area contributed by atoms with Gasteiger partial charge in [-0.15, -0.1) is 0 Å². The Morgan fingerprint density at radius 2 is 1.74 bits per heavy atom. The second-order valence-corrected chi connectivity index (χ2v) is 7.95. The van der Waals surface area contributed by atoms with Gasteiger partial charge in [0.25, 0.3) is 0 Å². The van der Waals surface area contributed by atoms with Crippen LogP contribution in [0.4, 0.5) is 0 Å². The average molecular weight is 413 g/mol. The molecular weight excluding hydrogens is 384 g/mol. The molecule has 0 saturated carbocycles. The van der Waals surface area contributed by atoms with E-state index >= 15 is 0 Å². The molecule has 0 heterocycles. The molecule has 0 aromatic heterocycles. The molecule has 0 fully saturated rings. The van der Waals surface area contributed by atoms with Crippen molar-refractivity contribution in [3.05, 3.63) is 95.1 Å². The van der Waals surface area contributed by atoms with Gasteiger partial charge < -0.3 is 9.47 Å². The number of carbonyl (C=O) groups is 1. The fraction of sp³-hybridized carbons (Fsp3) is 0.250. The summed E-state index contributed by atoms with van der Waals surface area (Å²) < 4.78 is 11.0. The number of ether oxygens (including phenoxy) is 2. The van der Waals surface area contributed by atoms with Gasteiger partial charge in [-0.25, -0.2) is 0 Å². The molecule has 0 N–H and O–H groups in total. The first-order valence-corrected chi connectivity index (χ1v) is 10.8. The average Bonchev–Trinajstić information content (AvgIpc) is 3.17. The predicted octanol–water partition coefficient (Wildman–Crippen LogP) is 6.41. The fourth-order valence-electron chi connectivity index (χ4n) is 4.03. The summed E-state index contributed by atoms with van der Waals surface area (Å²) in [5.74, 6) is 0.308. The Morgan fingerprint density at radius 3 is 2.52 bits per heavy atom. The van der Waals surface area contributed by atoms with E-state index in [-0.39, 0.29) is 11.9 Å². The Hall–Kier alpha value is -3.33. The van der Waals surface area contributed by atoms with Crippen LogP contribution in [0.3, 0.4) is 0 Å². The molecule has 1 atom stereocenters. The van der Waals surface area contributed by atoms with Crippen molar-refractivity contribution >= 4 is 11.5 Å². The van der Waals surface area contributed by atoms with Crippen LogP contribution in [0.25, 0.3) is 16.7 Å². The molecule has 0 aliphatic heterocycles. The van der Waals surface area contributed by atoms with Gasteiger partial charge in [0.15, 0.2) is 0 Å². The minimum absolute atomic E-state index is 0.202. The Balaban J connectivity index is 1.37. The van der Waals surface area contributed by atoms with Crippen LogP contribution in [0.2, 0.25) is 0 Å². The van der Waals surface area contributed by atoms with E-state index in [9.17, 15) is 4.79 Å². The molecule has 0 saturated heterocycles. The molecular formula is C28H28O3. The van der Waals surface area contributed by atoms with Gasteiger partial charge in [0.2, 0.25) is 0 Å². The molecule has 0 radical (unpaired) electrons. The second kappa shape index (κ2) is 9.22. The lowest BCUT2D eigenvalue weighted by atomic mass is 10.00. The van der Waals surface area contributed by atoms with Crippen LogP contribution in [0.5, 0.6) is 5.75 Å². The van der Waals surface area contributed by atoms with E-state index in [4.69, 9.17) is 9.47 Å². The molecule has 1 aliphatic rings. The van der Waals surface area contributed by atoms with E-state index in [0.717, 1.165) is 17.7 Å². The van der Waals surface area contributed by atoms with Gasteiger partial charge in [0.05, 0.1) is 12.5 Å². The van der Waals surface area contributed by atoms with Crippen LogP contribution in [0.15, 0.2) is 72.8 Å². The molecule has 158 valence electrons. The standard InChI is InChI=1S/C28H28O3/c1-4-30-28(29)20(3)21-9-12-25(13-10-21)31-16-15-19(2)22-11-14-27-24(17-22)18-23-7-5-6-8-26(23)27/h5-15,17,20H,4,16,18H2,1-3H3. The van der Waals surface area contributed by atoms with Gasteiger partial charge >= 0.3 is 5.97 Å². The molecule has 3 aromatic carbocycles. The number of fused-ring (bicyclic) bond motifs is 3. The largest absolute Gasteiger partial charge is 0.490 e. The van der Waals surface area contributed by atoms with Gasteiger partial charge in [-0.05, 0) is 84.4 Å². The van der Waals surface area contributed by atoms with Crippen molar-refractivity contribution in [3.63, 3.8) is 0 Å². The number of carbonyl (C=O) groups excluding carboxylic acids is 1. The van der Waals surface area contributed by atoms with Gasteiger partial charge in [-0.1, -0.05) is 54.6 Å². The molecule has 0 spiro atoms. The van der Waals surface area contributed by atoms with Crippen molar-refractivity contribution < 1.29 is 14.3 Å². The highest BCUT2D eigenvalue weighted by Gasteiger charge is 2.18. The van der Waals surface area contributed by atoms with Crippen molar-refractivity contribution in [2.45, 2.75) is 33.1 Å². The summed E-state index contributed by atoms with van der Waals surface area (Å²) in [7, 11) is 0. The van der Waals surface area contributed by atoms with Crippen LogP contribution >= 0.6 is 0 Å². The van der Waals surface area contributed by atoms with E-state index in [2.05, 4.69) is 55.5 Å². The maximum atomic E-state index is 11.9. The molecule has 1 aliphatic carbocycles. The third-order valence-electron chi connectivity index (χ3n) is 5.91. The quantitative estimate of drug-likeness (QED) is 0.329. The summed E-state index contributed by atoms with van der Waals surface area (Å²) in [6, 6.07) is 23.0. The van der Waals surface area contributed by atoms with Crippen LogP contribution in [-0.4, -0.2) is 19.2 Å². The highest BCUT2D eigenvalue weighted by molar-refractivity contribution is 5.79. The molecule has 31 heavy (non-hydrogen) atoms. The topological polar surface area (TPSA) is 35.5 Å². The number of esters is 1. The molecule has 3 heteroatoms. The lowest BCUT2D eigenvalue weighted by molar-refractivity contribution is -0.144. The summed E-state index contributed by atoms with van der Waals surface area (Å²) in [6.07, 6.45) is 3.11. The number of allylic oxidation sites excluding steroid dienone is 1. The highest BCUT2D eigenvalue weighted by Crippen LogP contribution is 2.37. The first kappa shape index (κ1) is 20.9. The summed E-state index contributed by atoms with van der Waals surface area (Å²) in [5, 5.41) is 0. The van der Waals surface area contributed by atoms with E-state index in [1.165, 1.54) is 33.4 Å². The maximum absolute atomic E-state index is 11.9. The third kappa shape index (κ3) is 4.56. The Bertz CT molecular complexity index is 1110. The molecule has 3 aromatic rings. The molecule has 0 bridgehead atoms. The molecule has 0 amide bonds. The van der Waals surface area contributed by atoms with Crippen molar-refractivity contribution in [1.82, 2.24) is 0 Å². The third-order valence-corrected chi connectivity index (χ3v) is 5.91. The van der Waals surface area contributed by atoms with E-state index < -0.39 is 0 Å². The normalized spacial score (nSPS) is 13.3. The number of hydrogen-bond donors (Lipinski definition) is 0. The number of benzene rings is 3. The highest BCUT2D eigenvalue weighted by atomic mass is 16.5. The summed E-state index contributed by atoms with van der Waals surface area (Å²) in [5.41, 5.74) is 8.85. The number of rotatable bonds is 7. The van der Waals surface area contributed by atoms with Gasteiger partial charge in [-0.3, -0.25) is 4.79 Å². The SMILES string of the molecule is CCOC(=O)C(C)c1ccc(OCC=C(C)c2ccc3c(c2)Cc2ccccc2-3)cc1. The smallest absolute Gasteiger partial charge is 0.313 e. The lowest BCUT2D eigenvalue weighted by Gasteiger charge is -2.12. The lowest BCUT2D eigenvalue weighted by Crippen LogP contribution is -2.12. The zero-order valence-corrected chi connectivity index (χ0v) is 18.4. The molecule has 4 rings (SSSR count). The summed E-state index contributed by atoms with van der Waals surface area (Å²) >= 11 is 0. The van der Waals surface area contributed by atoms with Gasteiger partial charge in [0.1, 0.15) is 12.4 Å². The zero-order valence-electron chi connectivity index (χ0n) is 18.4. The van der Waals surface area contributed by atoms with Crippen molar-refractivity contribution in [3.8, 4) is 16.9 Å². The summed E-state index contributed by atoms with van der Waals surface area (Å²) in [4.78, 5) is 11.9. The van der Waals surface area contributed by atoms with Crippen molar-refractivity contribution in [1.29, 1.82) is 0 Å². The number of hydrogen-bond acceptors (Lipinski definition) is 3. The van der Waals surface area contributed by atoms with Crippen LogP contribution in [0.1, 0.15) is 48.9 Å². The minimum Gasteiger partial charge on any atom is -0.490 e.